The van der Waals surface area contributed by atoms with Gasteiger partial charge in [-0.1, -0.05) is 0 Å². The molecule has 0 spiro atoms. The van der Waals surface area contributed by atoms with Crippen molar-refractivity contribution in [3.05, 3.63) is 29.8 Å². The number of rotatable bonds is 3. The van der Waals surface area contributed by atoms with Gasteiger partial charge in [0.1, 0.15) is 19.1 Å². The van der Waals surface area contributed by atoms with Gasteiger partial charge in [0.25, 0.3) is 0 Å². The molecule has 1 aromatic carbocycles. The van der Waals surface area contributed by atoms with E-state index < -0.39 is 24.9 Å². The molecular weight excluding hydrogens is 244 g/mol. The predicted octanol–water partition coefficient (Wildman–Crippen LogP) is 1.81. The molecule has 0 bridgehead atoms. The predicted molar refractivity (Wildman–Crippen MR) is 61.8 cm³/mol. The van der Waals surface area contributed by atoms with Gasteiger partial charge >= 0.3 is 5.97 Å². The summed E-state index contributed by atoms with van der Waals surface area (Å²) in [5, 5.41) is 9.09. The van der Waals surface area contributed by atoms with Gasteiger partial charge in [0.05, 0.1) is 5.57 Å². The fourth-order valence-corrected chi connectivity index (χ4v) is 1.78. The van der Waals surface area contributed by atoms with Gasteiger partial charge in [0.2, 0.25) is 0 Å². The van der Waals surface area contributed by atoms with E-state index in [9.17, 15) is 13.6 Å². The second-order valence-electron chi connectivity index (χ2n) is 4.05. The number of nitrogens with two attached hydrogens (primary N) is 1. The summed E-state index contributed by atoms with van der Waals surface area (Å²) < 4.78 is 31.0. The lowest BCUT2D eigenvalue weighted by Crippen LogP contribution is -2.41. The molecule has 0 unspecified atom stereocenters. The molecule has 0 fully saturated rings. The molecule has 0 aliphatic carbocycles. The van der Waals surface area contributed by atoms with Crippen LogP contribution in [0.5, 0.6) is 5.75 Å². The van der Waals surface area contributed by atoms with Crippen molar-refractivity contribution in [3.63, 3.8) is 0 Å². The van der Waals surface area contributed by atoms with Crippen LogP contribution in [0.2, 0.25) is 0 Å². The van der Waals surface area contributed by atoms with E-state index in [1.165, 1.54) is 18.2 Å². The molecular formula is C12H11F2NO3. The van der Waals surface area contributed by atoms with Gasteiger partial charge in [0, 0.05) is 11.3 Å². The Balaban J connectivity index is 2.61. The number of ether oxygens (including phenoxy) is 1. The molecule has 3 N–H and O–H groups in total. The lowest BCUT2D eigenvalue weighted by Gasteiger charge is -2.31. The molecule has 18 heavy (non-hydrogen) atoms. The van der Waals surface area contributed by atoms with E-state index in [4.69, 9.17) is 15.6 Å². The van der Waals surface area contributed by atoms with Gasteiger partial charge < -0.3 is 15.6 Å². The summed E-state index contributed by atoms with van der Waals surface area (Å²) in [7, 11) is 0. The normalized spacial score (nSPS) is 16.4. The van der Waals surface area contributed by atoms with Crippen molar-refractivity contribution in [2.45, 2.75) is 5.60 Å². The largest absolute Gasteiger partial charge is 0.478 e. The number of hydrogen-bond donors (Lipinski definition) is 2. The Morgan fingerprint density at radius 2 is 2.06 bits per heavy atom. The highest BCUT2D eigenvalue weighted by Crippen LogP contribution is 2.38. The van der Waals surface area contributed by atoms with Crippen LogP contribution >= 0.6 is 0 Å². The van der Waals surface area contributed by atoms with Crippen LogP contribution in [0.4, 0.5) is 14.5 Å². The molecule has 6 heteroatoms. The number of anilines is 1. The molecule has 4 nitrogen and oxygen atoms in total. The minimum Gasteiger partial charge on any atom is -0.478 e. The topological polar surface area (TPSA) is 72.6 Å². The molecule has 0 saturated heterocycles. The molecule has 0 radical (unpaired) electrons. The van der Waals surface area contributed by atoms with Gasteiger partial charge in [-0.3, -0.25) is 0 Å². The molecule has 96 valence electrons. The van der Waals surface area contributed by atoms with Crippen molar-refractivity contribution in [3.8, 4) is 5.75 Å². The zero-order chi connectivity index (χ0) is 13.3. The molecule has 1 heterocycles. The minimum atomic E-state index is -1.86. The first-order valence-corrected chi connectivity index (χ1v) is 5.18. The SMILES string of the molecule is Nc1ccc2c(c1)C(C(=O)O)=CC(CF)(CF)O2. The second kappa shape index (κ2) is 4.29. The fraction of sp³-hybridized carbons (Fsp3) is 0.250. The number of hydrogen-bond acceptors (Lipinski definition) is 3. The van der Waals surface area contributed by atoms with Gasteiger partial charge in [-0.2, -0.15) is 0 Å². The maximum Gasteiger partial charge on any atom is 0.336 e. The standard InChI is InChI=1S/C12H11F2NO3/c13-5-12(6-14)4-9(11(16)17)8-3-7(15)1-2-10(8)18-12/h1-4H,5-6,15H2,(H,16,17). The summed E-state index contributed by atoms with van der Waals surface area (Å²) in [6.45, 7) is -2.30. The van der Waals surface area contributed by atoms with Crippen molar-refractivity contribution in [1.82, 2.24) is 0 Å². The van der Waals surface area contributed by atoms with Crippen LogP contribution < -0.4 is 10.5 Å². The minimum absolute atomic E-state index is 0.111. The van der Waals surface area contributed by atoms with Gasteiger partial charge in [-0.15, -0.1) is 0 Å². The molecule has 1 aliphatic rings. The Morgan fingerprint density at radius 3 is 2.61 bits per heavy atom. The van der Waals surface area contributed by atoms with Crippen LogP contribution in [-0.4, -0.2) is 30.0 Å². The summed E-state index contributed by atoms with van der Waals surface area (Å²) >= 11 is 0. The number of aliphatic carboxylic acids is 1. The monoisotopic (exact) mass is 255 g/mol. The highest BCUT2D eigenvalue weighted by molar-refractivity contribution is 6.17. The molecule has 2 rings (SSSR count). The molecule has 0 amide bonds. The molecule has 1 aromatic rings. The first-order valence-electron chi connectivity index (χ1n) is 5.18. The number of halogens is 2. The Labute approximate surface area is 102 Å². The summed E-state index contributed by atoms with van der Waals surface area (Å²) in [5.41, 5.74) is 4.05. The maximum atomic E-state index is 12.9. The first-order chi connectivity index (χ1) is 8.51. The van der Waals surface area contributed by atoms with E-state index in [2.05, 4.69) is 0 Å². The smallest absolute Gasteiger partial charge is 0.336 e. The van der Waals surface area contributed by atoms with E-state index in [1.54, 1.807) is 0 Å². The van der Waals surface area contributed by atoms with E-state index in [0.717, 1.165) is 6.08 Å². The van der Waals surface area contributed by atoms with Crippen molar-refractivity contribution in [1.29, 1.82) is 0 Å². The lowest BCUT2D eigenvalue weighted by molar-refractivity contribution is -0.130. The number of carboxylic acid groups (broad SMARTS) is 1. The van der Waals surface area contributed by atoms with Crippen molar-refractivity contribution < 1.29 is 23.4 Å². The second-order valence-corrected chi connectivity index (χ2v) is 4.05. The number of alkyl halides is 2. The highest BCUT2D eigenvalue weighted by atomic mass is 19.1. The van der Waals surface area contributed by atoms with E-state index in [1.807, 2.05) is 0 Å². The lowest BCUT2D eigenvalue weighted by atomic mass is 9.93. The zero-order valence-corrected chi connectivity index (χ0v) is 9.32. The van der Waals surface area contributed by atoms with Crippen LogP contribution in [-0.2, 0) is 4.79 Å². The van der Waals surface area contributed by atoms with Crippen molar-refractivity contribution in [2.24, 2.45) is 0 Å². The Hall–Kier alpha value is -2.11. The molecule has 0 saturated carbocycles. The van der Waals surface area contributed by atoms with Crippen LogP contribution in [0.3, 0.4) is 0 Å². The van der Waals surface area contributed by atoms with Gasteiger partial charge in [0.15, 0.2) is 5.60 Å². The summed E-state index contributed by atoms with van der Waals surface area (Å²) in [6.07, 6.45) is 0.955. The van der Waals surface area contributed by atoms with E-state index in [-0.39, 0.29) is 16.9 Å². The highest BCUT2D eigenvalue weighted by Gasteiger charge is 2.38. The van der Waals surface area contributed by atoms with Crippen molar-refractivity contribution in [2.75, 3.05) is 19.1 Å². The third-order valence-electron chi connectivity index (χ3n) is 2.70. The number of carbonyl (C=O) groups is 1. The average molecular weight is 255 g/mol. The number of fused-ring (bicyclic) bond motifs is 1. The molecule has 1 aliphatic heterocycles. The first kappa shape index (κ1) is 12.3. The number of benzene rings is 1. The van der Waals surface area contributed by atoms with E-state index >= 15 is 0 Å². The van der Waals surface area contributed by atoms with Crippen LogP contribution in [0, 0.1) is 0 Å². The third kappa shape index (κ3) is 1.90. The zero-order valence-electron chi connectivity index (χ0n) is 9.32. The maximum absolute atomic E-state index is 12.9. The number of carboxylic acids is 1. The Morgan fingerprint density at radius 1 is 1.39 bits per heavy atom. The van der Waals surface area contributed by atoms with Crippen LogP contribution in [0.15, 0.2) is 24.3 Å². The number of nitrogen functional groups attached to an aromatic ring is 1. The summed E-state index contributed by atoms with van der Waals surface area (Å²) in [5.74, 6) is -1.17. The Bertz CT molecular complexity index is 524. The Kier molecular flexibility index (Phi) is 2.94. The summed E-state index contributed by atoms with van der Waals surface area (Å²) in [6, 6.07) is 4.28. The quantitative estimate of drug-likeness (QED) is 0.808. The van der Waals surface area contributed by atoms with Gasteiger partial charge in [-0.05, 0) is 24.3 Å². The summed E-state index contributed by atoms with van der Waals surface area (Å²) in [4.78, 5) is 11.1. The fourth-order valence-electron chi connectivity index (χ4n) is 1.78. The van der Waals surface area contributed by atoms with Crippen molar-refractivity contribution >= 4 is 17.2 Å². The van der Waals surface area contributed by atoms with E-state index in [0.29, 0.717) is 5.69 Å². The molecule has 0 aromatic heterocycles. The average Bonchev–Trinajstić information content (AvgIpc) is 2.37. The molecule has 0 atom stereocenters. The van der Waals surface area contributed by atoms with Crippen LogP contribution in [0.25, 0.3) is 5.57 Å². The van der Waals surface area contributed by atoms with Gasteiger partial charge in [-0.25, -0.2) is 13.6 Å². The van der Waals surface area contributed by atoms with Crippen LogP contribution in [0.1, 0.15) is 5.56 Å². The third-order valence-corrected chi connectivity index (χ3v) is 2.70.